The van der Waals surface area contributed by atoms with E-state index in [1.165, 1.54) is 270 Å². The molecule has 0 bridgehead atoms. The number of rotatable bonds is 70. The molecular weight excluding hydrogens is 1050 g/mol. The molecule has 0 aliphatic heterocycles. The number of hydrogen-bond acceptors (Lipinski definition) is 5. The average molecular weight is 1200 g/mol. The minimum atomic E-state index is -0.780. The van der Waals surface area contributed by atoms with Crippen molar-refractivity contribution in [2.75, 3.05) is 13.2 Å². The topological polar surface area (TPSA) is 72.8 Å². The summed E-state index contributed by atoms with van der Waals surface area (Å²) in [5, 5.41) is 9.72. The lowest BCUT2D eigenvalue weighted by Crippen LogP contribution is -2.28. The number of allylic oxidation sites excluding steroid dienone is 16. The number of carbonyl (C=O) groups excluding carboxylic acids is 2. The molecule has 498 valence electrons. The van der Waals surface area contributed by atoms with Crippen LogP contribution >= 0.6 is 0 Å². The van der Waals surface area contributed by atoms with Gasteiger partial charge in [-0.25, -0.2) is 0 Å². The van der Waals surface area contributed by atoms with Crippen LogP contribution < -0.4 is 0 Å². The van der Waals surface area contributed by atoms with Crippen molar-refractivity contribution in [3.63, 3.8) is 0 Å². The average Bonchev–Trinajstić information content (AvgIpc) is 3.55. The molecule has 0 saturated heterocycles. The zero-order valence-electron chi connectivity index (χ0n) is 57.3. The predicted molar refractivity (Wildman–Crippen MR) is 380 cm³/mol. The number of unbranched alkanes of at least 4 members (excludes halogenated alkanes) is 46. The lowest BCUT2D eigenvalue weighted by molar-refractivity contribution is -0.161. The van der Waals surface area contributed by atoms with Crippen LogP contribution in [0.25, 0.3) is 0 Å². The molecule has 5 nitrogen and oxygen atoms in total. The molecule has 0 amide bonds. The Morgan fingerprint density at radius 1 is 0.279 bits per heavy atom. The van der Waals surface area contributed by atoms with Crippen LogP contribution in [0.1, 0.15) is 386 Å². The summed E-state index contributed by atoms with van der Waals surface area (Å²) in [7, 11) is 0. The van der Waals surface area contributed by atoms with E-state index in [1.54, 1.807) is 0 Å². The van der Waals surface area contributed by atoms with Crippen LogP contribution in [0.4, 0.5) is 0 Å². The highest BCUT2D eigenvalue weighted by molar-refractivity contribution is 5.70. The summed E-state index contributed by atoms with van der Waals surface area (Å²) in [5.74, 6) is -0.582. The van der Waals surface area contributed by atoms with E-state index >= 15 is 0 Å². The molecule has 0 aromatic carbocycles. The third kappa shape index (κ3) is 73.3. The third-order valence-corrected chi connectivity index (χ3v) is 16.9. The van der Waals surface area contributed by atoms with Gasteiger partial charge in [-0.1, -0.05) is 394 Å². The molecule has 1 atom stereocenters. The maximum Gasteiger partial charge on any atom is 0.306 e. The van der Waals surface area contributed by atoms with Crippen LogP contribution in [0, 0.1) is 0 Å². The second kappa shape index (κ2) is 76.1. The van der Waals surface area contributed by atoms with Crippen LogP contribution in [-0.2, 0) is 19.1 Å². The first-order valence-corrected chi connectivity index (χ1v) is 37.8. The van der Waals surface area contributed by atoms with E-state index < -0.39 is 6.10 Å². The van der Waals surface area contributed by atoms with Gasteiger partial charge in [0.25, 0.3) is 0 Å². The van der Waals surface area contributed by atoms with Crippen molar-refractivity contribution in [1.82, 2.24) is 0 Å². The Bertz CT molecular complexity index is 1600. The second-order valence-corrected chi connectivity index (χ2v) is 25.4. The molecule has 0 fully saturated rings. The van der Waals surface area contributed by atoms with Gasteiger partial charge in [0.1, 0.15) is 6.61 Å². The SMILES string of the molecule is CC/C=C\C/C=C\C/C=C\C/C=C\C/C=C\C/C=C\C/C=C\C/C=C\CCCCCCCCCCCCC(=O)OC(CO)COC(=O)CCCCCCCCCCCCCCCCCCCCCCCCCCCCCCCCCCCCCCC. The van der Waals surface area contributed by atoms with Crippen molar-refractivity contribution in [3.8, 4) is 0 Å². The fourth-order valence-electron chi connectivity index (χ4n) is 11.3. The van der Waals surface area contributed by atoms with Crippen molar-refractivity contribution in [3.05, 3.63) is 97.2 Å². The quantitative estimate of drug-likeness (QED) is 0.0373. The summed E-state index contributed by atoms with van der Waals surface area (Å²) in [6.07, 6.45) is 109. The van der Waals surface area contributed by atoms with Gasteiger partial charge in [0.05, 0.1) is 6.61 Å². The van der Waals surface area contributed by atoms with E-state index in [2.05, 4.69) is 111 Å². The third-order valence-electron chi connectivity index (χ3n) is 16.9. The Balaban J connectivity index is 3.44. The molecule has 0 saturated carbocycles. The highest BCUT2D eigenvalue weighted by Gasteiger charge is 2.16. The number of aliphatic hydroxyl groups is 1. The summed E-state index contributed by atoms with van der Waals surface area (Å²) in [4.78, 5) is 24.7. The first kappa shape index (κ1) is 82.8. The summed E-state index contributed by atoms with van der Waals surface area (Å²) in [5.41, 5.74) is 0. The van der Waals surface area contributed by atoms with E-state index in [-0.39, 0.29) is 25.2 Å². The Hall–Kier alpha value is -3.18. The number of esters is 2. The van der Waals surface area contributed by atoms with Crippen molar-refractivity contribution >= 4 is 11.9 Å². The first-order valence-electron chi connectivity index (χ1n) is 37.8. The number of ether oxygens (including phenoxy) is 2. The summed E-state index contributed by atoms with van der Waals surface area (Å²) >= 11 is 0. The Morgan fingerprint density at radius 3 is 0.756 bits per heavy atom. The summed E-state index contributed by atoms with van der Waals surface area (Å²) in [6, 6.07) is 0. The van der Waals surface area contributed by atoms with Gasteiger partial charge in [0.2, 0.25) is 0 Å². The lowest BCUT2D eigenvalue weighted by Gasteiger charge is -2.15. The van der Waals surface area contributed by atoms with E-state index in [0.717, 1.165) is 89.9 Å². The number of hydrogen-bond donors (Lipinski definition) is 1. The monoisotopic (exact) mass is 1200 g/mol. The molecule has 0 spiro atoms. The number of aliphatic hydroxyl groups excluding tert-OH is 1. The molecule has 86 heavy (non-hydrogen) atoms. The lowest BCUT2D eigenvalue weighted by atomic mass is 10.0. The van der Waals surface area contributed by atoms with Gasteiger partial charge in [-0.15, -0.1) is 0 Å². The predicted octanol–water partition coefficient (Wildman–Crippen LogP) is 26.5. The molecule has 1 unspecified atom stereocenters. The fourth-order valence-corrected chi connectivity index (χ4v) is 11.3. The van der Waals surface area contributed by atoms with Crippen LogP contribution in [0.5, 0.6) is 0 Å². The molecular formula is C81H144O5. The summed E-state index contributed by atoms with van der Waals surface area (Å²) in [6.45, 7) is 4.07. The summed E-state index contributed by atoms with van der Waals surface area (Å²) < 4.78 is 10.8. The van der Waals surface area contributed by atoms with Gasteiger partial charge in [-0.3, -0.25) is 9.59 Å². The molecule has 0 aromatic heterocycles. The number of carbonyl (C=O) groups is 2. The molecule has 5 heteroatoms. The van der Waals surface area contributed by atoms with E-state index in [9.17, 15) is 14.7 Å². The van der Waals surface area contributed by atoms with Crippen LogP contribution in [-0.4, -0.2) is 36.4 Å². The van der Waals surface area contributed by atoms with Crippen molar-refractivity contribution in [2.45, 2.75) is 392 Å². The molecule has 0 aliphatic rings. The van der Waals surface area contributed by atoms with Gasteiger partial charge in [0.15, 0.2) is 6.10 Å². The largest absolute Gasteiger partial charge is 0.462 e. The highest BCUT2D eigenvalue weighted by Crippen LogP contribution is 2.19. The zero-order chi connectivity index (χ0) is 61.9. The Labute approximate surface area is 536 Å². The molecule has 0 radical (unpaired) electrons. The maximum atomic E-state index is 12.4. The van der Waals surface area contributed by atoms with Gasteiger partial charge >= 0.3 is 11.9 Å². The van der Waals surface area contributed by atoms with Crippen LogP contribution in [0.15, 0.2) is 97.2 Å². The molecule has 0 aromatic rings. The van der Waals surface area contributed by atoms with E-state index in [0.29, 0.717) is 12.8 Å². The molecule has 0 rings (SSSR count). The zero-order valence-corrected chi connectivity index (χ0v) is 57.3. The van der Waals surface area contributed by atoms with Gasteiger partial charge < -0.3 is 14.6 Å². The van der Waals surface area contributed by atoms with Gasteiger partial charge in [-0.05, 0) is 77.0 Å². The smallest absolute Gasteiger partial charge is 0.306 e. The molecule has 0 heterocycles. The van der Waals surface area contributed by atoms with Crippen molar-refractivity contribution in [1.29, 1.82) is 0 Å². The molecule has 1 N–H and O–H groups in total. The second-order valence-electron chi connectivity index (χ2n) is 25.4. The first-order chi connectivity index (χ1) is 42.6. The van der Waals surface area contributed by atoms with Gasteiger partial charge in [-0.2, -0.15) is 0 Å². The normalized spacial score (nSPS) is 12.7. The molecule has 0 aliphatic carbocycles. The Morgan fingerprint density at radius 2 is 0.500 bits per heavy atom. The fraction of sp³-hybridized carbons (Fsp3) is 0.778. The minimum absolute atomic E-state index is 0.0675. The maximum absolute atomic E-state index is 12.4. The van der Waals surface area contributed by atoms with Crippen LogP contribution in [0.3, 0.4) is 0 Å². The van der Waals surface area contributed by atoms with Crippen LogP contribution in [0.2, 0.25) is 0 Å². The standard InChI is InChI=1S/C81H144O5/c1-3-5-7-9-11-13-15-17-19-21-23-25-27-29-31-33-35-37-39-40-42-43-45-47-49-51-53-55-57-59-61-63-65-67-69-71-73-75-80(83)85-78-79(77-82)86-81(84)76-74-72-70-68-66-64-62-60-58-56-54-52-50-48-46-44-41-38-36-34-32-30-28-26-24-22-20-18-16-14-12-10-8-6-4-2/h6,8,12,14,18,20,24,26,30,32,36,38,44,46,50,52,79,82H,3-5,7,9-11,13,15-17,19,21-23,25,27-29,31,33-35,37,39-43,45,47-49,51,53-78H2,1-2H3/b8-6-,14-12-,20-18-,26-24-,32-30-,38-36-,46-44-,52-50-. The Kier molecular flexibility index (Phi) is 73.3. The van der Waals surface area contributed by atoms with E-state index in [1.807, 2.05) is 0 Å². The van der Waals surface area contributed by atoms with Crippen molar-refractivity contribution < 1.29 is 24.2 Å². The minimum Gasteiger partial charge on any atom is -0.462 e. The van der Waals surface area contributed by atoms with Crippen molar-refractivity contribution in [2.24, 2.45) is 0 Å². The van der Waals surface area contributed by atoms with E-state index in [4.69, 9.17) is 9.47 Å². The highest BCUT2D eigenvalue weighted by atomic mass is 16.6. The van der Waals surface area contributed by atoms with Gasteiger partial charge in [0, 0.05) is 12.8 Å².